The van der Waals surface area contributed by atoms with Crippen LogP contribution in [0.1, 0.15) is 30.9 Å². The van der Waals surface area contributed by atoms with Gasteiger partial charge < -0.3 is 19.7 Å². The third kappa shape index (κ3) is 4.83. The fourth-order valence-corrected chi connectivity index (χ4v) is 5.21. The van der Waals surface area contributed by atoms with Crippen molar-refractivity contribution in [2.75, 3.05) is 39.4 Å². The average molecular weight is 460 g/mol. The normalized spacial score (nSPS) is 16.8. The zero-order chi connectivity index (χ0) is 22.7. The fourth-order valence-electron chi connectivity index (χ4n) is 3.79. The zero-order valence-corrected chi connectivity index (χ0v) is 19.2. The molecule has 1 N–H and O–H groups in total. The predicted molar refractivity (Wildman–Crippen MR) is 121 cm³/mol. The quantitative estimate of drug-likeness (QED) is 0.743. The van der Waals surface area contributed by atoms with Crippen LogP contribution in [-0.4, -0.2) is 63.0 Å². The summed E-state index contributed by atoms with van der Waals surface area (Å²) < 4.78 is 38.4. The number of ether oxygens (including phenoxy) is 2. The number of carbonyl (C=O) groups is 1. The van der Waals surface area contributed by atoms with Gasteiger partial charge >= 0.3 is 6.03 Å². The van der Waals surface area contributed by atoms with Gasteiger partial charge in [0.05, 0.1) is 4.90 Å². The Labute approximate surface area is 189 Å². The number of benzene rings is 2. The van der Waals surface area contributed by atoms with Gasteiger partial charge in [0.15, 0.2) is 11.5 Å². The van der Waals surface area contributed by atoms with Crippen LogP contribution in [0.25, 0.3) is 0 Å². The van der Waals surface area contributed by atoms with E-state index >= 15 is 0 Å². The highest BCUT2D eigenvalue weighted by atomic mass is 32.2. The number of fused-ring (bicyclic) bond motifs is 1. The lowest BCUT2D eigenvalue weighted by molar-refractivity contribution is 0.170. The average Bonchev–Trinajstić information content (AvgIpc) is 2.82. The predicted octanol–water partition coefficient (Wildman–Crippen LogP) is 2.80. The molecule has 0 aromatic heterocycles. The minimum atomic E-state index is -3.57. The van der Waals surface area contributed by atoms with E-state index in [0.717, 1.165) is 11.1 Å². The minimum absolute atomic E-state index is 0.210. The van der Waals surface area contributed by atoms with Gasteiger partial charge in [-0.05, 0) is 41.3 Å². The Balaban J connectivity index is 1.30. The molecule has 2 aromatic carbocycles. The standard InChI is InChI=1S/C23H29N3O5S/c1-17(2)19-4-6-20(7-5-19)32(28,29)26-11-9-25(10-12-26)23(27)24-16-18-3-8-21-22(15-18)31-14-13-30-21/h3-8,15,17H,9-14,16H2,1-2H3,(H,24,27). The van der Waals surface area contributed by atoms with Crippen LogP contribution in [0.3, 0.4) is 0 Å². The largest absolute Gasteiger partial charge is 0.486 e. The molecule has 2 amide bonds. The lowest BCUT2D eigenvalue weighted by Gasteiger charge is -2.34. The van der Waals surface area contributed by atoms with Crippen molar-refractivity contribution >= 4 is 16.1 Å². The highest BCUT2D eigenvalue weighted by Crippen LogP contribution is 2.30. The first-order chi connectivity index (χ1) is 15.3. The molecule has 0 aliphatic carbocycles. The van der Waals surface area contributed by atoms with Crippen LogP contribution in [0.15, 0.2) is 47.4 Å². The molecule has 8 nitrogen and oxygen atoms in total. The molecular formula is C23H29N3O5S. The first-order valence-electron chi connectivity index (χ1n) is 10.9. The molecule has 1 saturated heterocycles. The van der Waals surface area contributed by atoms with Crippen molar-refractivity contribution in [1.82, 2.24) is 14.5 Å². The van der Waals surface area contributed by atoms with E-state index in [1.54, 1.807) is 17.0 Å². The van der Waals surface area contributed by atoms with E-state index in [0.29, 0.717) is 55.2 Å². The summed E-state index contributed by atoms with van der Waals surface area (Å²) in [6.45, 7) is 6.77. The summed E-state index contributed by atoms with van der Waals surface area (Å²) in [5.74, 6) is 1.74. The van der Waals surface area contributed by atoms with Crippen molar-refractivity contribution in [2.24, 2.45) is 0 Å². The Bertz CT molecular complexity index is 1060. The molecule has 0 atom stereocenters. The molecule has 1 fully saturated rings. The first kappa shape index (κ1) is 22.4. The zero-order valence-electron chi connectivity index (χ0n) is 18.4. The second-order valence-corrected chi connectivity index (χ2v) is 10.2. The molecule has 4 rings (SSSR count). The second-order valence-electron chi connectivity index (χ2n) is 8.25. The van der Waals surface area contributed by atoms with E-state index < -0.39 is 10.0 Å². The van der Waals surface area contributed by atoms with Crippen LogP contribution in [-0.2, 0) is 16.6 Å². The molecule has 2 aromatic rings. The van der Waals surface area contributed by atoms with Crippen LogP contribution in [0.4, 0.5) is 4.79 Å². The van der Waals surface area contributed by atoms with Crippen molar-refractivity contribution in [3.63, 3.8) is 0 Å². The molecule has 0 unspecified atom stereocenters. The van der Waals surface area contributed by atoms with Gasteiger partial charge in [-0.1, -0.05) is 32.0 Å². The number of sulfonamides is 1. The maximum Gasteiger partial charge on any atom is 0.317 e. The number of hydrogen-bond donors (Lipinski definition) is 1. The summed E-state index contributed by atoms with van der Waals surface area (Å²) in [5.41, 5.74) is 2.01. The molecule has 0 saturated carbocycles. The monoisotopic (exact) mass is 459 g/mol. The van der Waals surface area contributed by atoms with Gasteiger partial charge in [-0.15, -0.1) is 0 Å². The van der Waals surface area contributed by atoms with E-state index in [4.69, 9.17) is 9.47 Å². The topological polar surface area (TPSA) is 88.2 Å². The number of urea groups is 1. The molecule has 2 aliphatic heterocycles. The Morgan fingerprint density at radius 1 is 0.969 bits per heavy atom. The number of nitrogens with zero attached hydrogens (tertiary/aromatic N) is 2. The molecule has 9 heteroatoms. The van der Waals surface area contributed by atoms with E-state index in [-0.39, 0.29) is 19.1 Å². The molecule has 0 radical (unpaired) electrons. The molecule has 0 bridgehead atoms. The highest BCUT2D eigenvalue weighted by molar-refractivity contribution is 7.89. The summed E-state index contributed by atoms with van der Waals surface area (Å²) in [6.07, 6.45) is 0. The van der Waals surface area contributed by atoms with Gasteiger partial charge in [0.2, 0.25) is 10.0 Å². The van der Waals surface area contributed by atoms with Gasteiger partial charge in [0, 0.05) is 32.7 Å². The van der Waals surface area contributed by atoms with E-state index in [9.17, 15) is 13.2 Å². The van der Waals surface area contributed by atoms with Crippen molar-refractivity contribution in [2.45, 2.75) is 31.2 Å². The molecule has 2 aliphatic rings. The van der Waals surface area contributed by atoms with Crippen LogP contribution in [0, 0.1) is 0 Å². The van der Waals surface area contributed by atoms with Crippen LogP contribution in [0.2, 0.25) is 0 Å². The van der Waals surface area contributed by atoms with E-state index in [1.165, 1.54) is 4.31 Å². The summed E-state index contributed by atoms with van der Waals surface area (Å²) in [7, 11) is -3.57. The smallest absolute Gasteiger partial charge is 0.317 e. The molecule has 172 valence electrons. The number of rotatable bonds is 5. The lowest BCUT2D eigenvalue weighted by Crippen LogP contribution is -2.52. The number of carbonyl (C=O) groups excluding carboxylic acids is 1. The van der Waals surface area contributed by atoms with Crippen molar-refractivity contribution < 1.29 is 22.7 Å². The third-order valence-corrected chi connectivity index (χ3v) is 7.67. The Morgan fingerprint density at radius 2 is 1.62 bits per heavy atom. The summed E-state index contributed by atoms with van der Waals surface area (Å²) >= 11 is 0. The number of piperazine rings is 1. The van der Waals surface area contributed by atoms with Crippen molar-refractivity contribution in [1.29, 1.82) is 0 Å². The van der Waals surface area contributed by atoms with Crippen LogP contribution < -0.4 is 14.8 Å². The first-order valence-corrected chi connectivity index (χ1v) is 12.3. The summed E-state index contributed by atoms with van der Waals surface area (Å²) in [6, 6.07) is 12.4. The van der Waals surface area contributed by atoms with Crippen molar-refractivity contribution in [3.8, 4) is 11.5 Å². The SMILES string of the molecule is CC(C)c1ccc(S(=O)(=O)N2CCN(C(=O)NCc3ccc4c(c3)OCCO4)CC2)cc1. The van der Waals surface area contributed by atoms with Crippen molar-refractivity contribution in [3.05, 3.63) is 53.6 Å². The summed E-state index contributed by atoms with van der Waals surface area (Å²) in [5, 5.41) is 2.90. The number of hydrogen-bond acceptors (Lipinski definition) is 5. The highest BCUT2D eigenvalue weighted by Gasteiger charge is 2.30. The number of amides is 2. The Hall–Kier alpha value is -2.78. The maximum absolute atomic E-state index is 13.0. The van der Waals surface area contributed by atoms with Gasteiger partial charge in [-0.2, -0.15) is 4.31 Å². The fraction of sp³-hybridized carbons (Fsp3) is 0.435. The lowest BCUT2D eigenvalue weighted by atomic mass is 10.0. The van der Waals surface area contributed by atoms with Crippen LogP contribution >= 0.6 is 0 Å². The molecule has 32 heavy (non-hydrogen) atoms. The summed E-state index contributed by atoms with van der Waals surface area (Å²) in [4.78, 5) is 14.5. The third-order valence-electron chi connectivity index (χ3n) is 5.76. The van der Waals surface area contributed by atoms with Gasteiger partial charge in [-0.3, -0.25) is 0 Å². The molecule has 2 heterocycles. The van der Waals surface area contributed by atoms with E-state index in [2.05, 4.69) is 19.2 Å². The van der Waals surface area contributed by atoms with Crippen LogP contribution in [0.5, 0.6) is 11.5 Å². The van der Waals surface area contributed by atoms with E-state index in [1.807, 2.05) is 30.3 Å². The number of nitrogens with one attached hydrogen (secondary N) is 1. The maximum atomic E-state index is 13.0. The molecule has 0 spiro atoms. The van der Waals surface area contributed by atoms with Gasteiger partial charge in [0.1, 0.15) is 13.2 Å². The minimum Gasteiger partial charge on any atom is -0.486 e. The second kappa shape index (κ2) is 9.38. The molecular weight excluding hydrogens is 430 g/mol. The Morgan fingerprint density at radius 3 is 2.28 bits per heavy atom. The van der Waals surface area contributed by atoms with Gasteiger partial charge in [-0.25, -0.2) is 13.2 Å². The van der Waals surface area contributed by atoms with Gasteiger partial charge in [0.25, 0.3) is 0 Å². The Kier molecular flexibility index (Phi) is 6.57.